The Bertz CT molecular complexity index is 469. The van der Waals surface area contributed by atoms with E-state index in [1.165, 1.54) is 19.1 Å². The number of rotatable bonds is 5. The maximum absolute atomic E-state index is 13.1. The molecule has 1 N–H and O–H groups in total. The Kier molecular flexibility index (Phi) is 5.08. The summed E-state index contributed by atoms with van der Waals surface area (Å²) in [4.78, 5) is 0. The predicted octanol–water partition coefficient (Wildman–Crippen LogP) is 4.25. The minimum Gasteiger partial charge on any atom is -0.493 e. The normalized spacial score (nSPS) is 15.0. The van der Waals surface area contributed by atoms with Crippen molar-refractivity contribution >= 4 is 0 Å². The van der Waals surface area contributed by atoms with Gasteiger partial charge in [-0.15, -0.1) is 0 Å². The van der Waals surface area contributed by atoms with Crippen molar-refractivity contribution in [2.75, 3.05) is 6.61 Å². The Hall–Kier alpha value is -1.23. The second kappa shape index (κ2) is 6.04. The largest absolute Gasteiger partial charge is 0.493 e. The van der Waals surface area contributed by atoms with E-state index in [2.05, 4.69) is 0 Å². The van der Waals surface area contributed by atoms with Crippen LogP contribution in [-0.2, 0) is 5.60 Å². The summed E-state index contributed by atoms with van der Waals surface area (Å²) in [5, 5.41) is 10.0. The summed E-state index contributed by atoms with van der Waals surface area (Å²) in [5.41, 5.74) is -1.87. The minimum atomic E-state index is -4.70. The van der Waals surface area contributed by atoms with Crippen molar-refractivity contribution in [3.05, 3.63) is 28.8 Å². The summed E-state index contributed by atoms with van der Waals surface area (Å²) in [6.07, 6.45) is -4.31. The number of benzene rings is 1. The molecule has 2 nitrogen and oxygen atoms in total. The van der Waals surface area contributed by atoms with Crippen molar-refractivity contribution in [3.8, 4) is 5.75 Å². The maximum atomic E-state index is 13.1. The standard InChI is InChI=1S/C15H21F3O2/c1-5-9-20-13-8-7-12(10(3)11(13)4)14(19,6-2)15(16,17)18/h7-8,19H,5-6,9H2,1-4H3. The van der Waals surface area contributed by atoms with Gasteiger partial charge in [-0.1, -0.05) is 19.9 Å². The van der Waals surface area contributed by atoms with Crippen LogP contribution in [0.3, 0.4) is 0 Å². The molecule has 20 heavy (non-hydrogen) atoms. The lowest BCUT2D eigenvalue weighted by Crippen LogP contribution is -2.42. The molecule has 0 fully saturated rings. The molecule has 0 bridgehead atoms. The average molecular weight is 290 g/mol. The van der Waals surface area contributed by atoms with E-state index in [-0.39, 0.29) is 5.56 Å². The number of hydrogen-bond donors (Lipinski definition) is 1. The van der Waals surface area contributed by atoms with Gasteiger partial charge in [0.2, 0.25) is 0 Å². The Morgan fingerprint density at radius 2 is 1.70 bits per heavy atom. The third-order valence-electron chi connectivity index (χ3n) is 3.63. The quantitative estimate of drug-likeness (QED) is 0.878. The van der Waals surface area contributed by atoms with Crippen molar-refractivity contribution in [3.63, 3.8) is 0 Å². The second-order valence-corrected chi connectivity index (χ2v) is 4.92. The molecule has 0 saturated carbocycles. The van der Waals surface area contributed by atoms with Gasteiger partial charge in [-0.2, -0.15) is 13.2 Å². The molecule has 0 amide bonds. The van der Waals surface area contributed by atoms with E-state index in [4.69, 9.17) is 4.74 Å². The molecule has 0 radical (unpaired) electrons. The van der Waals surface area contributed by atoms with Gasteiger partial charge in [-0.25, -0.2) is 0 Å². The molecular formula is C15H21F3O2. The van der Waals surface area contributed by atoms with Crippen molar-refractivity contribution in [1.82, 2.24) is 0 Å². The zero-order chi connectivity index (χ0) is 15.6. The monoisotopic (exact) mass is 290 g/mol. The van der Waals surface area contributed by atoms with E-state index in [9.17, 15) is 18.3 Å². The van der Waals surface area contributed by atoms with Gasteiger partial charge in [0.1, 0.15) is 5.75 Å². The summed E-state index contributed by atoms with van der Waals surface area (Å²) >= 11 is 0. The van der Waals surface area contributed by atoms with Crippen LogP contribution in [-0.4, -0.2) is 17.9 Å². The molecular weight excluding hydrogens is 269 g/mol. The van der Waals surface area contributed by atoms with Gasteiger partial charge >= 0.3 is 6.18 Å². The average Bonchev–Trinajstić information content (AvgIpc) is 2.38. The molecule has 0 heterocycles. The number of hydrogen-bond acceptors (Lipinski definition) is 2. The first-order valence-electron chi connectivity index (χ1n) is 6.71. The van der Waals surface area contributed by atoms with Gasteiger partial charge in [0, 0.05) is 0 Å². The van der Waals surface area contributed by atoms with Crippen LogP contribution in [0, 0.1) is 13.8 Å². The van der Waals surface area contributed by atoms with E-state index in [1.807, 2.05) is 6.92 Å². The van der Waals surface area contributed by atoms with E-state index < -0.39 is 18.2 Å². The lowest BCUT2D eigenvalue weighted by Gasteiger charge is -2.32. The van der Waals surface area contributed by atoms with Crippen LogP contribution >= 0.6 is 0 Å². The fraction of sp³-hybridized carbons (Fsp3) is 0.600. The second-order valence-electron chi connectivity index (χ2n) is 4.92. The Morgan fingerprint density at radius 3 is 2.15 bits per heavy atom. The summed E-state index contributed by atoms with van der Waals surface area (Å²) in [6.45, 7) is 7.07. The van der Waals surface area contributed by atoms with Crippen LogP contribution in [0.5, 0.6) is 5.75 Å². The molecule has 1 atom stereocenters. The predicted molar refractivity (Wildman–Crippen MR) is 71.9 cm³/mol. The highest BCUT2D eigenvalue weighted by Gasteiger charge is 2.54. The summed E-state index contributed by atoms with van der Waals surface area (Å²) in [6, 6.07) is 2.81. The fourth-order valence-electron chi connectivity index (χ4n) is 2.16. The molecule has 1 unspecified atom stereocenters. The maximum Gasteiger partial charge on any atom is 0.421 e. The molecule has 1 rings (SSSR count). The SMILES string of the molecule is CCCOc1ccc(C(O)(CC)C(F)(F)F)c(C)c1C. The third kappa shape index (κ3) is 2.92. The number of aliphatic hydroxyl groups is 1. The van der Waals surface area contributed by atoms with E-state index in [1.54, 1.807) is 13.8 Å². The van der Waals surface area contributed by atoms with Crippen LogP contribution in [0.1, 0.15) is 43.4 Å². The molecule has 1 aromatic carbocycles. The summed E-state index contributed by atoms with van der Waals surface area (Å²) < 4.78 is 44.9. The zero-order valence-electron chi connectivity index (χ0n) is 12.3. The Labute approximate surface area is 117 Å². The number of alkyl halides is 3. The first kappa shape index (κ1) is 16.8. The zero-order valence-corrected chi connectivity index (χ0v) is 12.3. The van der Waals surface area contributed by atoms with Crippen molar-refractivity contribution in [2.45, 2.75) is 52.3 Å². The summed E-state index contributed by atoms with van der Waals surface area (Å²) in [7, 11) is 0. The molecule has 114 valence electrons. The van der Waals surface area contributed by atoms with Gasteiger partial charge < -0.3 is 9.84 Å². The van der Waals surface area contributed by atoms with Gasteiger partial charge in [0.05, 0.1) is 6.61 Å². The first-order valence-corrected chi connectivity index (χ1v) is 6.71. The highest BCUT2D eigenvalue weighted by molar-refractivity contribution is 5.46. The first-order chi connectivity index (χ1) is 9.19. The lowest BCUT2D eigenvalue weighted by atomic mass is 9.85. The minimum absolute atomic E-state index is 0.103. The molecule has 0 spiro atoms. The van der Waals surface area contributed by atoms with Gasteiger partial charge in [-0.05, 0) is 49.4 Å². The van der Waals surface area contributed by atoms with Crippen LogP contribution in [0.15, 0.2) is 12.1 Å². The Morgan fingerprint density at radius 1 is 1.10 bits per heavy atom. The molecule has 0 aliphatic carbocycles. The molecule has 0 aliphatic heterocycles. The third-order valence-corrected chi connectivity index (χ3v) is 3.63. The van der Waals surface area contributed by atoms with Crippen molar-refractivity contribution in [1.29, 1.82) is 0 Å². The van der Waals surface area contributed by atoms with Crippen molar-refractivity contribution < 1.29 is 23.0 Å². The highest BCUT2D eigenvalue weighted by Crippen LogP contribution is 2.44. The molecule has 0 saturated heterocycles. The number of ether oxygens (including phenoxy) is 1. The van der Waals surface area contributed by atoms with Gasteiger partial charge in [0.15, 0.2) is 5.60 Å². The molecule has 0 aliphatic rings. The summed E-state index contributed by atoms with van der Waals surface area (Å²) in [5.74, 6) is 0.564. The molecule has 0 aromatic heterocycles. The van der Waals surface area contributed by atoms with Gasteiger partial charge in [0.25, 0.3) is 0 Å². The van der Waals surface area contributed by atoms with E-state index >= 15 is 0 Å². The fourth-order valence-corrected chi connectivity index (χ4v) is 2.16. The highest BCUT2D eigenvalue weighted by atomic mass is 19.4. The Balaban J connectivity index is 3.31. The van der Waals surface area contributed by atoms with Crippen LogP contribution in [0.4, 0.5) is 13.2 Å². The molecule has 5 heteroatoms. The van der Waals surface area contributed by atoms with Crippen LogP contribution < -0.4 is 4.74 Å². The van der Waals surface area contributed by atoms with Crippen LogP contribution in [0.25, 0.3) is 0 Å². The smallest absolute Gasteiger partial charge is 0.421 e. The van der Waals surface area contributed by atoms with Crippen molar-refractivity contribution in [2.24, 2.45) is 0 Å². The van der Waals surface area contributed by atoms with E-state index in [0.29, 0.717) is 23.5 Å². The molecule has 1 aromatic rings. The lowest BCUT2D eigenvalue weighted by molar-refractivity contribution is -0.268. The topological polar surface area (TPSA) is 29.5 Å². The van der Waals surface area contributed by atoms with Gasteiger partial charge in [-0.3, -0.25) is 0 Å². The van der Waals surface area contributed by atoms with E-state index in [0.717, 1.165) is 6.42 Å². The number of halogens is 3. The van der Waals surface area contributed by atoms with Crippen LogP contribution in [0.2, 0.25) is 0 Å².